The molecule has 6 heteroatoms. The molecule has 332 valence electrons. The minimum atomic E-state index is -0.797. The summed E-state index contributed by atoms with van der Waals surface area (Å²) >= 11 is 0. The van der Waals surface area contributed by atoms with E-state index in [1.54, 1.807) is 0 Å². The predicted molar refractivity (Wildman–Crippen MR) is 247 cm³/mol. The number of carbonyl (C=O) groups excluding carboxylic acids is 3. The van der Waals surface area contributed by atoms with Gasteiger partial charge in [0.25, 0.3) is 0 Å². The molecule has 0 rings (SSSR count). The van der Waals surface area contributed by atoms with Gasteiger partial charge in [-0.05, 0) is 83.5 Å². The maximum absolute atomic E-state index is 12.7. The van der Waals surface area contributed by atoms with Crippen LogP contribution in [0.2, 0.25) is 0 Å². The molecule has 1 unspecified atom stereocenters. The maximum atomic E-state index is 12.7. The van der Waals surface area contributed by atoms with E-state index in [2.05, 4.69) is 93.7 Å². The van der Waals surface area contributed by atoms with Crippen LogP contribution >= 0.6 is 0 Å². The molecule has 0 aromatic carbocycles. The Hall–Kier alpha value is -3.15. The second-order valence-electron chi connectivity index (χ2n) is 15.6. The summed E-state index contributed by atoms with van der Waals surface area (Å²) in [5, 5.41) is 0. The van der Waals surface area contributed by atoms with Crippen molar-refractivity contribution in [3.63, 3.8) is 0 Å². The Kier molecular flexibility index (Phi) is 44.0. The van der Waals surface area contributed by atoms with E-state index in [4.69, 9.17) is 14.2 Å². The molecule has 0 aliphatic heterocycles. The van der Waals surface area contributed by atoms with Crippen LogP contribution in [-0.4, -0.2) is 37.2 Å². The third-order valence-electron chi connectivity index (χ3n) is 9.95. The zero-order valence-electron chi connectivity index (χ0n) is 37.8. The monoisotopic (exact) mass is 809 g/mol. The molecule has 0 saturated carbocycles. The van der Waals surface area contributed by atoms with Crippen LogP contribution < -0.4 is 0 Å². The van der Waals surface area contributed by atoms with Gasteiger partial charge >= 0.3 is 17.9 Å². The highest BCUT2D eigenvalue weighted by Crippen LogP contribution is 2.13. The molecular formula is C52H88O6. The third kappa shape index (κ3) is 44.0. The average molecular weight is 809 g/mol. The minimum Gasteiger partial charge on any atom is -0.462 e. The van der Waals surface area contributed by atoms with Gasteiger partial charge in [0.1, 0.15) is 13.2 Å². The van der Waals surface area contributed by atoms with Crippen LogP contribution in [0.1, 0.15) is 220 Å². The van der Waals surface area contributed by atoms with Gasteiger partial charge in [0.15, 0.2) is 6.10 Å². The molecule has 0 fully saturated rings. The second kappa shape index (κ2) is 46.5. The van der Waals surface area contributed by atoms with Gasteiger partial charge in [-0.15, -0.1) is 0 Å². The molecule has 0 aromatic rings. The first-order chi connectivity index (χ1) is 28.5. The van der Waals surface area contributed by atoms with Crippen LogP contribution in [-0.2, 0) is 28.6 Å². The fourth-order valence-electron chi connectivity index (χ4n) is 6.35. The summed E-state index contributed by atoms with van der Waals surface area (Å²) in [6, 6.07) is 0. The van der Waals surface area contributed by atoms with Crippen molar-refractivity contribution in [2.24, 2.45) is 0 Å². The summed E-state index contributed by atoms with van der Waals surface area (Å²) in [7, 11) is 0. The molecule has 0 aromatic heterocycles. The van der Waals surface area contributed by atoms with Crippen molar-refractivity contribution in [2.45, 2.75) is 226 Å². The van der Waals surface area contributed by atoms with E-state index in [9.17, 15) is 14.4 Å². The standard InChI is InChI=1S/C52H88O6/c1-4-7-10-13-16-19-21-23-25-26-27-29-30-33-36-39-42-45-51(54)57-48-49(47-56-50(53)44-41-38-35-32-18-15-12-9-6-3)58-52(55)46-43-40-37-34-31-28-24-22-20-17-14-11-8-5-2/h8,11,16-17,19-20,23,25,27,29,33,36,49H,4-7,9-10,12-15,18,21-22,24,26,28,30-32,34-35,37-48H2,1-3H3/b11-8-,19-16-,20-17-,25-23-,29-27-,36-33-. The van der Waals surface area contributed by atoms with Crippen molar-refractivity contribution in [3.05, 3.63) is 72.9 Å². The summed E-state index contributed by atoms with van der Waals surface area (Å²) in [6.45, 7) is 6.42. The Morgan fingerprint density at radius 3 is 1.16 bits per heavy atom. The summed E-state index contributed by atoms with van der Waals surface area (Å²) in [5.74, 6) is -0.968. The Morgan fingerprint density at radius 1 is 0.362 bits per heavy atom. The molecule has 6 nitrogen and oxygen atoms in total. The molecule has 0 bridgehead atoms. The first-order valence-corrected chi connectivity index (χ1v) is 23.9. The number of ether oxygens (including phenoxy) is 3. The van der Waals surface area contributed by atoms with Crippen LogP contribution in [0.4, 0.5) is 0 Å². The number of hydrogen-bond donors (Lipinski definition) is 0. The second-order valence-corrected chi connectivity index (χ2v) is 15.6. The normalized spacial score (nSPS) is 12.7. The Morgan fingerprint density at radius 2 is 0.690 bits per heavy atom. The number of unbranched alkanes of at least 4 members (excludes halogenated alkanes) is 19. The van der Waals surface area contributed by atoms with E-state index >= 15 is 0 Å². The fraction of sp³-hybridized carbons (Fsp3) is 0.712. The lowest BCUT2D eigenvalue weighted by molar-refractivity contribution is -0.167. The maximum Gasteiger partial charge on any atom is 0.306 e. The number of carbonyl (C=O) groups is 3. The highest BCUT2D eigenvalue weighted by atomic mass is 16.6. The van der Waals surface area contributed by atoms with Crippen LogP contribution in [0, 0.1) is 0 Å². The van der Waals surface area contributed by atoms with Gasteiger partial charge in [0.2, 0.25) is 0 Å². The number of allylic oxidation sites excluding steroid dienone is 12. The predicted octanol–water partition coefficient (Wildman–Crippen LogP) is 15.5. The number of rotatable bonds is 42. The van der Waals surface area contributed by atoms with E-state index in [1.165, 1.54) is 89.9 Å². The van der Waals surface area contributed by atoms with Crippen molar-refractivity contribution in [2.75, 3.05) is 13.2 Å². The summed E-state index contributed by atoms with van der Waals surface area (Å²) in [5.41, 5.74) is 0. The van der Waals surface area contributed by atoms with Gasteiger partial charge in [0.05, 0.1) is 0 Å². The minimum absolute atomic E-state index is 0.0951. The Balaban J connectivity index is 4.45. The molecule has 0 amide bonds. The molecule has 0 spiro atoms. The first-order valence-electron chi connectivity index (χ1n) is 23.9. The summed E-state index contributed by atoms with van der Waals surface area (Å²) in [6.07, 6.45) is 57.5. The lowest BCUT2D eigenvalue weighted by atomic mass is 10.1. The largest absolute Gasteiger partial charge is 0.462 e. The molecule has 0 aliphatic rings. The zero-order valence-corrected chi connectivity index (χ0v) is 37.8. The molecule has 58 heavy (non-hydrogen) atoms. The molecule has 0 heterocycles. The molecule has 0 aliphatic carbocycles. The van der Waals surface area contributed by atoms with Crippen molar-refractivity contribution >= 4 is 17.9 Å². The molecular weight excluding hydrogens is 721 g/mol. The quantitative estimate of drug-likeness (QED) is 0.0264. The molecule has 1 atom stereocenters. The average Bonchev–Trinajstić information content (AvgIpc) is 3.22. The van der Waals surface area contributed by atoms with Gasteiger partial charge in [-0.3, -0.25) is 14.4 Å². The Bertz CT molecular complexity index is 1110. The fourth-order valence-corrected chi connectivity index (χ4v) is 6.35. The van der Waals surface area contributed by atoms with Crippen LogP contribution in [0.25, 0.3) is 0 Å². The summed E-state index contributed by atoms with van der Waals surface area (Å²) in [4.78, 5) is 37.8. The van der Waals surface area contributed by atoms with E-state index in [0.29, 0.717) is 19.3 Å². The van der Waals surface area contributed by atoms with Gasteiger partial charge < -0.3 is 14.2 Å². The van der Waals surface area contributed by atoms with Crippen molar-refractivity contribution in [1.29, 1.82) is 0 Å². The van der Waals surface area contributed by atoms with Crippen LogP contribution in [0.15, 0.2) is 72.9 Å². The lowest BCUT2D eigenvalue weighted by Crippen LogP contribution is -2.30. The van der Waals surface area contributed by atoms with Crippen molar-refractivity contribution in [3.8, 4) is 0 Å². The lowest BCUT2D eigenvalue weighted by Gasteiger charge is -2.18. The van der Waals surface area contributed by atoms with Gasteiger partial charge in [-0.25, -0.2) is 0 Å². The molecule has 0 saturated heterocycles. The van der Waals surface area contributed by atoms with E-state index in [-0.39, 0.29) is 37.5 Å². The smallest absolute Gasteiger partial charge is 0.306 e. The van der Waals surface area contributed by atoms with Gasteiger partial charge in [0, 0.05) is 19.3 Å². The summed E-state index contributed by atoms with van der Waals surface area (Å²) < 4.78 is 16.7. The van der Waals surface area contributed by atoms with Crippen molar-refractivity contribution < 1.29 is 28.6 Å². The topological polar surface area (TPSA) is 78.9 Å². The zero-order chi connectivity index (χ0) is 42.3. The molecule has 0 radical (unpaired) electrons. The highest BCUT2D eigenvalue weighted by Gasteiger charge is 2.19. The number of esters is 3. The molecule has 0 N–H and O–H groups in total. The highest BCUT2D eigenvalue weighted by molar-refractivity contribution is 5.71. The van der Waals surface area contributed by atoms with E-state index < -0.39 is 6.10 Å². The number of hydrogen-bond acceptors (Lipinski definition) is 6. The van der Waals surface area contributed by atoms with E-state index in [1.807, 2.05) is 0 Å². The van der Waals surface area contributed by atoms with E-state index in [0.717, 1.165) is 83.5 Å². The third-order valence-corrected chi connectivity index (χ3v) is 9.95. The SMILES string of the molecule is CC/C=C\C/C=C\CCCCCCCCCC(=O)OC(COC(=O)CCC/C=C\C/C=C\C/C=C\C/C=C\CCCCC)COC(=O)CCCCCCCCCCC. The Labute approximate surface area is 357 Å². The van der Waals surface area contributed by atoms with Gasteiger partial charge in [-0.2, -0.15) is 0 Å². The first kappa shape index (κ1) is 54.9. The van der Waals surface area contributed by atoms with Gasteiger partial charge in [-0.1, -0.05) is 190 Å². The van der Waals surface area contributed by atoms with Crippen LogP contribution in [0.3, 0.4) is 0 Å². The van der Waals surface area contributed by atoms with Crippen molar-refractivity contribution in [1.82, 2.24) is 0 Å². The van der Waals surface area contributed by atoms with Crippen LogP contribution in [0.5, 0.6) is 0 Å².